The third-order valence-electron chi connectivity index (χ3n) is 4.10. The first kappa shape index (κ1) is 18.8. The highest BCUT2D eigenvalue weighted by atomic mass is 19.3. The lowest BCUT2D eigenvalue weighted by Crippen LogP contribution is -2.31. The monoisotopic (exact) mass is 375 g/mol. The fourth-order valence-corrected chi connectivity index (χ4v) is 2.76. The summed E-state index contributed by atoms with van der Waals surface area (Å²) in [6, 6.07) is 13.6. The van der Waals surface area contributed by atoms with Gasteiger partial charge in [-0.2, -0.15) is 8.78 Å². The molecule has 7 heteroatoms. The maximum Gasteiger partial charge on any atom is 0.387 e. The molecule has 1 heterocycles. The molecule has 0 aliphatic carbocycles. The summed E-state index contributed by atoms with van der Waals surface area (Å²) in [6.45, 7) is -2.29. The molecule has 0 radical (unpaired) electrons. The van der Waals surface area contributed by atoms with Gasteiger partial charge in [-0.1, -0.05) is 42.5 Å². The van der Waals surface area contributed by atoms with Crippen LogP contribution in [0.1, 0.15) is 11.1 Å². The van der Waals surface area contributed by atoms with Crippen LogP contribution in [0.15, 0.2) is 54.6 Å². The Morgan fingerprint density at radius 3 is 2.67 bits per heavy atom. The van der Waals surface area contributed by atoms with E-state index in [2.05, 4.69) is 10.1 Å². The second-order valence-electron chi connectivity index (χ2n) is 5.89. The molecule has 0 aromatic heterocycles. The van der Waals surface area contributed by atoms with Crippen molar-refractivity contribution in [1.82, 2.24) is 5.32 Å². The number of methoxy groups -OCH3 is 1. The summed E-state index contributed by atoms with van der Waals surface area (Å²) in [7, 11) is 1.32. The number of rotatable bonds is 7. The van der Waals surface area contributed by atoms with Gasteiger partial charge in [-0.3, -0.25) is 10.1 Å². The minimum atomic E-state index is -2.95. The molecule has 1 N–H and O–H groups in total. The van der Waals surface area contributed by atoms with Crippen LogP contribution in [0.3, 0.4) is 0 Å². The zero-order valence-corrected chi connectivity index (χ0v) is 14.7. The number of halogens is 2. The summed E-state index contributed by atoms with van der Waals surface area (Å²) in [6.07, 6.45) is 1.75. The fraction of sp³-hybridized carbons (Fsp3) is 0.250. The Kier molecular flexibility index (Phi) is 6.03. The summed E-state index contributed by atoms with van der Waals surface area (Å²) in [5.41, 5.74) is 2.50. The molecule has 2 aromatic rings. The molecule has 0 unspecified atom stereocenters. The second kappa shape index (κ2) is 8.64. The van der Waals surface area contributed by atoms with E-state index in [9.17, 15) is 13.6 Å². The van der Waals surface area contributed by atoms with Gasteiger partial charge in [-0.25, -0.2) is 0 Å². The summed E-state index contributed by atoms with van der Waals surface area (Å²) >= 11 is 0. The molecule has 0 bridgehead atoms. The van der Waals surface area contributed by atoms with Crippen LogP contribution in [0.5, 0.6) is 11.5 Å². The maximum absolute atomic E-state index is 12.7. The smallest absolute Gasteiger partial charge is 0.387 e. The molecule has 1 atom stereocenters. The normalized spacial score (nSPS) is 16.1. The van der Waals surface area contributed by atoms with Gasteiger partial charge < -0.3 is 14.2 Å². The molecule has 0 saturated carbocycles. The van der Waals surface area contributed by atoms with Crippen LogP contribution in [-0.2, 0) is 16.1 Å². The van der Waals surface area contributed by atoms with Crippen LogP contribution in [-0.4, -0.2) is 32.3 Å². The van der Waals surface area contributed by atoms with E-state index in [1.165, 1.54) is 13.2 Å². The van der Waals surface area contributed by atoms with Gasteiger partial charge in [0.2, 0.25) is 0 Å². The Morgan fingerprint density at radius 2 is 1.96 bits per heavy atom. The van der Waals surface area contributed by atoms with Gasteiger partial charge in [0.05, 0.1) is 7.11 Å². The first-order valence-corrected chi connectivity index (χ1v) is 8.34. The fourth-order valence-electron chi connectivity index (χ4n) is 2.76. The number of nitrogens with one attached hydrogen (secondary N) is 1. The van der Waals surface area contributed by atoms with Crippen LogP contribution in [0.4, 0.5) is 8.78 Å². The van der Waals surface area contributed by atoms with Crippen molar-refractivity contribution < 1.29 is 27.8 Å². The van der Waals surface area contributed by atoms with E-state index in [0.29, 0.717) is 6.54 Å². The molecule has 1 aliphatic heterocycles. The zero-order chi connectivity index (χ0) is 19.2. The van der Waals surface area contributed by atoms with Crippen molar-refractivity contribution in [3.8, 4) is 11.5 Å². The first-order chi connectivity index (χ1) is 13.1. The van der Waals surface area contributed by atoms with Gasteiger partial charge in [0.15, 0.2) is 11.5 Å². The number of carbonyl (C=O) groups excluding carboxylic acids is 1. The topological polar surface area (TPSA) is 56.8 Å². The van der Waals surface area contributed by atoms with E-state index >= 15 is 0 Å². The van der Waals surface area contributed by atoms with Gasteiger partial charge >= 0.3 is 12.6 Å². The van der Waals surface area contributed by atoms with Crippen molar-refractivity contribution in [1.29, 1.82) is 0 Å². The van der Waals surface area contributed by atoms with E-state index in [1.54, 1.807) is 18.2 Å². The zero-order valence-electron chi connectivity index (χ0n) is 14.7. The number of esters is 1. The molecule has 142 valence electrons. The van der Waals surface area contributed by atoms with Gasteiger partial charge in [-0.05, 0) is 28.8 Å². The van der Waals surface area contributed by atoms with Crippen LogP contribution in [0.2, 0.25) is 0 Å². The quantitative estimate of drug-likeness (QED) is 0.752. The third-order valence-corrected chi connectivity index (χ3v) is 4.10. The predicted molar refractivity (Wildman–Crippen MR) is 95.6 cm³/mol. The second-order valence-corrected chi connectivity index (χ2v) is 5.89. The average molecular weight is 375 g/mol. The van der Waals surface area contributed by atoms with E-state index in [1.807, 2.05) is 30.3 Å². The Labute approximate surface area is 155 Å². The summed E-state index contributed by atoms with van der Waals surface area (Å²) in [5.74, 6) is -0.219. The van der Waals surface area contributed by atoms with Crippen LogP contribution in [0.25, 0.3) is 5.57 Å². The van der Waals surface area contributed by atoms with Crippen LogP contribution >= 0.6 is 0 Å². The van der Waals surface area contributed by atoms with Crippen molar-refractivity contribution in [3.63, 3.8) is 0 Å². The molecule has 0 fully saturated rings. The first-order valence-electron chi connectivity index (χ1n) is 8.34. The Bertz CT molecular complexity index is 824. The van der Waals surface area contributed by atoms with E-state index in [0.717, 1.165) is 16.7 Å². The van der Waals surface area contributed by atoms with Crippen molar-refractivity contribution >= 4 is 11.5 Å². The van der Waals surface area contributed by atoms with Crippen molar-refractivity contribution in [2.24, 2.45) is 0 Å². The van der Waals surface area contributed by atoms with Crippen molar-refractivity contribution in [2.75, 3.05) is 13.7 Å². The minimum absolute atomic E-state index is 0.0410. The van der Waals surface area contributed by atoms with E-state index in [-0.39, 0.29) is 24.1 Å². The summed E-state index contributed by atoms with van der Waals surface area (Å²) < 4.78 is 40.4. The standard InChI is InChI=1S/C20H19F2NO4/c1-25-19(24)16-9-15(11-23-16)14-7-8-17(27-20(21)22)18(10-14)26-12-13-5-3-2-4-6-13/h2-10,16,20,23H,11-12H2,1H3/t16-/m1/s1. The van der Waals surface area contributed by atoms with Gasteiger partial charge in [0.25, 0.3) is 0 Å². The molecule has 0 spiro atoms. The van der Waals surface area contributed by atoms with Gasteiger partial charge in [0, 0.05) is 6.54 Å². The molecule has 2 aromatic carbocycles. The average Bonchev–Trinajstić information content (AvgIpc) is 3.17. The molecule has 0 amide bonds. The number of hydrogen-bond donors (Lipinski definition) is 1. The third kappa shape index (κ3) is 4.83. The highest BCUT2D eigenvalue weighted by Crippen LogP contribution is 2.33. The SMILES string of the molecule is COC(=O)[C@H]1C=C(c2ccc(OC(F)F)c(OCc3ccccc3)c2)CN1. The van der Waals surface area contributed by atoms with Crippen molar-refractivity contribution in [3.05, 3.63) is 65.7 Å². The number of hydrogen-bond acceptors (Lipinski definition) is 5. The number of benzene rings is 2. The lowest BCUT2D eigenvalue weighted by atomic mass is 10.1. The Balaban J connectivity index is 1.83. The van der Waals surface area contributed by atoms with Crippen LogP contribution < -0.4 is 14.8 Å². The minimum Gasteiger partial charge on any atom is -0.485 e. The summed E-state index contributed by atoms with van der Waals surface area (Å²) in [5, 5.41) is 3.02. The highest BCUT2D eigenvalue weighted by molar-refractivity contribution is 5.84. The molecule has 27 heavy (non-hydrogen) atoms. The van der Waals surface area contributed by atoms with E-state index < -0.39 is 12.7 Å². The molecular formula is C20H19F2NO4. The molecule has 0 saturated heterocycles. The Hall–Kier alpha value is -2.93. The lowest BCUT2D eigenvalue weighted by Gasteiger charge is -2.14. The molecule has 1 aliphatic rings. The van der Waals surface area contributed by atoms with E-state index in [4.69, 9.17) is 9.47 Å². The van der Waals surface area contributed by atoms with Gasteiger partial charge in [0.1, 0.15) is 12.6 Å². The number of alkyl halides is 2. The molecule has 3 rings (SSSR count). The van der Waals surface area contributed by atoms with Crippen molar-refractivity contribution in [2.45, 2.75) is 19.3 Å². The molecular weight excluding hydrogens is 356 g/mol. The van der Waals surface area contributed by atoms with Crippen LogP contribution in [0, 0.1) is 0 Å². The predicted octanol–water partition coefficient (Wildman–Crippen LogP) is 3.40. The highest BCUT2D eigenvalue weighted by Gasteiger charge is 2.24. The Morgan fingerprint density at radius 1 is 1.19 bits per heavy atom. The maximum atomic E-state index is 12.7. The molecule has 5 nitrogen and oxygen atoms in total. The largest absolute Gasteiger partial charge is 0.485 e. The van der Waals surface area contributed by atoms with Gasteiger partial charge in [-0.15, -0.1) is 0 Å². The number of ether oxygens (including phenoxy) is 3. The number of carbonyl (C=O) groups is 1. The lowest BCUT2D eigenvalue weighted by molar-refractivity contribution is -0.141. The summed E-state index contributed by atoms with van der Waals surface area (Å²) in [4.78, 5) is 11.6.